The summed E-state index contributed by atoms with van der Waals surface area (Å²) in [5.74, 6) is 1.48. The molecule has 0 saturated carbocycles. The van der Waals surface area contributed by atoms with Crippen molar-refractivity contribution in [1.29, 1.82) is 0 Å². The van der Waals surface area contributed by atoms with E-state index in [2.05, 4.69) is 28.7 Å². The second-order valence-electron chi connectivity index (χ2n) is 4.77. The molecule has 5 nitrogen and oxygen atoms in total. The van der Waals surface area contributed by atoms with E-state index in [-0.39, 0.29) is 0 Å². The van der Waals surface area contributed by atoms with Crippen molar-refractivity contribution < 1.29 is 5.11 Å². The van der Waals surface area contributed by atoms with Crippen molar-refractivity contribution in [3.63, 3.8) is 0 Å². The Morgan fingerprint density at radius 3 is 2.70 bits per heavy atom. The Hall–Kier alpha value is -1.69. The Balaban J connectivity index is 2.34. The van der Waals surface area contributed by atoms with Gasteiger partial charge in [-0.3, -0.25) is 0 Å². The van der Waals surface area contributed by atoms with Gasteiger partial charge >= 0.3 is 0 Å². The molecule has 2 rings (SSSR count). The highest BCUT2D eigenvalue weighted by molar-refractivity contribution is 8.06. The Bertz CT molecular complexity index is 591. The molecule has 1 aliphatic rings. The maximum absolute atomic E-state index is 9.87. The molecule has 0 aromatic carbocycles. The minimum absolute atomic E-state index is 0.324. The minimum Gasteiger partial charge on any atom is -0.510 e. The molecule has 1 aliphatic heterocycles. The smallest absolute Gasteiger partial charge is 0.132 e. The van der Waals surface area contributed by atoms with Crippen molar-refractivity contribution in [3.8, 4) is 0 Å². The van der Waals surface area contributed by atoms with Crippen LogP contribution in [0.2, 0.25) is 0 Å². The van der Waals surface area contributed by atoms with Crippen LogP contribution in [0, 0.1) is 6.92 Å². The molecule has 1 aromatic heterocycles. The highest BCUT2D eigenvalue weighted by Gasteiger charge is 2.27. The van der Waals surface area contributed by atoms with Gasteiger partial charge in [-0.1, -0.05) is 18.7 Å². The number of rotatable bonds is 3. The van der Waals surface area contributed by atoms with Crippen LogP contribution in [0.15, 0.2) is 27.6 Å². The fraction of sp³-hybridized carbons (Fsp3) is 0.429. The minimum atomic E-state index is 0.324. The molecule has 108 valence electrons. The van der Waals surface area contributed by atoms with Crippen LogP contribution in [0.25, 0.3) is 0 Å². The zero-order valence-corrected chi connectivity index (χ0v) is 13.1. The number of allylic oxidation sites excluding steroid dienone is 3. The van der Waals surface area contributed by atoms with Crippen LogP contribution in [0.5, 0.6) is 0 Å². The van der Waals surface area contributed by atoms with Crippen molar-refractivity contribution in [2.24, 2.45) is 0 Å². The lowest BCUT2D eigenvalue weighted by Gasteiger charge is -2.22. The molecule has 0 radical (unpaired) electrons. The Kier molecular flexibility index (Phi) is 4.23. The van der Waals surface area contributed by atoms with Gasteiger partial charge in [-0.15, -0.1) is 0 Å². The lowest BCUT2D eigenvalue weighted by atomic mass is 10.2. The average Bonchev–Trinajstić information content (AvgIpc) is 2.70. The SMILES string of the molecule is CCC1=C(C)N(Cc2cnc(C)nc2N)C(=C(C)O)S1. The van der Waals surface area contributed by atoms with E-state index in [1.807, 2.05) is 6.92 Å². The topological polar surface area (TPSA) is 75.3 Å². The molecular weight excluding hydrogens is 272 g/mol. The largest absolute Gasteiger partial charge is 0.510 e. The van der Waals surface area contributed by atoms with Gasteiger partial charge < -0.3 is 15.7 Å². The zero-order chi connectivity index (χ0) is 14.9. The van der Waals surface area contributed by atoms with Crippen molar-refractivity contribution in [3.05, 3.63) is 39.0 Å². The summed E-state index contributed by atoms with van der Waals surface area (Å²) in [4.78, 5) is 11.7. The molecule has 0 spiro atoms. The molecule has 0 amide bonds. The highest BCUT2D eigenvalue weighted by atomic mass is 32.2. The maximum Gasteiger partial charge on any atom is 0.132 e. The van der Waals surface area contributed by atoms with Gasteiger partial charge in [0.2, 0.25) is 0 Å². The number of aryl methyl sites for hydroxylation is 1. The number of aliphatic hydroxyl groups is 1. The molecule has 20 heavy (non-hydrogen) atoms. The fourth-order valence-electron chi connectivity index (χ4n) is 2.14. The van der Waals surface area contributed by atoms with Crippen LogP contribution >= 0.6 is 11.8 Å². The van der Waals surface area contributed by atoms with E-state index in [0.717, 1.165) is 22.7 Å². The predicted octanol–water partition coefficient (Wildman–Crippen LogP) is 3.30. The van der Waals surface area contributed by atoms with Crippen LogP contribution in [0.4, 0.5) is 5.82 Å². The van der Waals surface area contributed by atoms with Crippen LogP contribution in [-0.4, -0.2) is 20.0 Å². The monoisotopic (exact) mass is 292 g/mol. The summed E-state index contributed by atoms with van der Waals surface area (Å²) in [7, 11) is 0. The molecule has 0 atom stereocenters. The number of nitrogens with two attached hydrogens (primary N) is 1. The van der Waals surface area contributed by atoms with Crippen molar-refractivity contribution in [2.75, 3.05) is 5.73 Å². The Morgan fingerprint density at radius 2 is 2.15 bits per heavy atom. The van der Waals surface area contributed by atoms with Gasteiger partial charge in [-0.05, 0) is 27.2 Å². The molecular formula is C14H20N4OS. The zero-order valence-electron chi connectivity index (χ0n) is 12.3. The molecule has 0 aliphatic carbocycles. The number of nitrogen functional groups attached to an aromatic ring is 1. The summed E-state index contributed by atoms with van der Waals surface area (Å²) in [5.41, 5.74) is 7.98. The number of aliphatic hydroxyl groups excluding tert-OH is 1. The molecule has 0 bridgehead atoms. The number of hydrogen-bond acceptors (Lipinski definition) is 6. The second kappa shape index (κ2) is 5.75. The van der Waals surface area contributed by atoms with Gasteiger partial charge in [0.25, 0.3) is 0 Å². The van der Waals surface area contributed by atoms with E-state index in [1.165, 1.54) is 4.91 Å². The fourth-order valence-corrected chi connectivity index (χ4v) is 3.24. The molecule has 6 heteroatoms. The standard InChI is InChI=1S/C14H20N4OS/c1-5-12-8(2)18(14(20-12)9(3)19)7-11-6-16-10(4)17-13(11)15/h6,19H,5,7H2,1-4H3,(H2,15,16,17). The van der Waals surface area contributed by atoms with E-state index >= 15 is 0 Å². The summed E-state index contributed by atoms with van der Waals surface area (Å²) < 4.78 is 0. The lowest BCUT2D eigenvalue weighted by molar-refractivity contribution is 0.368. The predicted molar refractivity (Wildman–Crippen MR) is 82.6 cm³/mol. The van der Waals surface area contributed by atoms with E-state index < -0.39 is 0 Å². The highest BCUT2D eigenvalue weighted by Crippen LogP contribution is 2.44. The third kappa shape index (κ3) is 2.75. The number of thioether (sulfide) groups is 1. The average molecular weight is 292 g/mol. The van der Waals surface area contributed by atoms with E-state index in [1.54, 1.807) is 24.9 Å². The number of aromatic nitrogens is 2. The van der Waals surface area contributed by atoms with Crippen LogP contribution < -0.4 is 5.73 Å². The van der Waals surface area contributed by atoms with Gasteiger partial charge in [-0.2, -0.15) is 0 Å². The third-order valence-electron chi connectivity index (χ3n) is 3.25. The first kappa shape index (κ1) is 14.7. The van der Waals surface area contributed by atoms with Gasteiger partial charge in [0.15, 0.2) is 0 Å². The van der Waals surface area contributed by atoms with Crippen molar-refractivity contribution in [1.82, 2.24) is 14.9 Å². The summed E-state index contributed by atoms with van der Waals surface area (Å²) in [6.07, 6.45) is 2.70. The number of anilines is 1. The van der Waals surface area contributed by atoms with Crippen LogP contribution in [0.3, 0.4) is 0 Å². The van der Waals surface area contributed by atoms with E-state index in [9.17, 15) is 5.11 Å². The molecule has 2 heterocycles. The van der Waals surface area contributed by atoms with Gasteiger partial charge in [0.05, 0.1) is 6.54 Å². The van der Waals surface area contributed by atoms with Crippen molar-refractivity contribution in [2.45, 2.75) is 40.7 Å². The summed E-state index contributed by atoms with van der Waals surface area (Å²) in [5, 5.41) is 10.7. The first-order chi connectivity index (χ1) is 9.43. The molecule has 3 N–H and O–H groups in total. The van der Waals surface area contributed by atoms with Gasteiger partial charge in [0, 0.05) is 22.4 Å². The van der Waals surface area contributed by atoms with Gasteiger partial charge in [-0.25, -0.2) is 9.97 Å². The Labute approximate surface area is 123 Å². The number of nitrogens with zero attached hydrogens (tertiary/aromatic N) is 3. The lowest BCUT2D eigenvalue weighted by Crippen LogP contribution is -2.18. The molecule has 0 saturated heterocycles. The first-order valence-electron chi connectivity index (χ1n) is 6.57. The quantitative estimate of drug-likeness (QED) is 0.833. The van der Waals surface area contributed by atoms with E-state index in [0.29, 0.717) is 23.9 Å². The maximum atomic E-state index is 9.87. The summed E-state index contributed by atoms with van der Waals surface area (Å²) in [6, 6.07) is 0. The summed E-state index contributed by atoms with van der Waals surface area (Å²) in [6.45, 7) is 8.27. The first-order valence-corrected chi connectivity index (χ1v) is 7.38. The van der Waals surface area contributed by atoms with Crippen LogP contribution in [0.1, 0.15) is 38.6 Å². The third-order valence-corrected chi connectivity index (χ3v) is 4.79. The number of hydrogen-bond donors (Lipinski definition) is 2. The van der Waals surface area contributed by atoms with Gasteiger partial charge in [0.1, 0.15) is 22.4 Å². The second-order valence-corrected chi connectivity index (χ2v) is 5.85. The van der Waals surface area contributed by atoms with Crippen LogP contribution in [-0.2, 0) is 6.54 Å². The van der Waals surface area contributed by atoms with E-state index in [4.69, 9.17) is 5.73 Å². The molecule has 1 aromatic rings. The normalized spacial score (nSPS) is 17.9. The van der Waals surface area contributed by atoms with Crippen molar-refractivity contribution >= 4 is 17.6 Å². The summed E-state index contributed by atoms with van der Waals surface area (Å²) >= 11 is 1.62. The molecule has 0 unspecified atom stereocenters. The Morgan fingerprint density at radius 1 is 1.45 bits per heavy atom. The molecule has 0 fully saturated rings.